The molecule has 4 rings (SSSR count). The SMILES string of the molecule is Cc1c(NS(C)(=O)=O)cccc1C(=O)c1c[nH]c2ncc(-c3ccccc3)cc12. The lowest BCUT2D eigenvalue weighted by Gasteiger charge is -2.11. The van der Waals surface area contributed by atoms with E-state index in [1.807, 2.05) is 36.4 Å². The summed E-state index contributed by atoms with van der Waals surface area (Å²) in [4.78, 5) is 20.8. The first-order valence-corrected chi connectivity index (χ1v) is 10.9. The molecule has 0 aliphatic carbocycles. The fourth-order valence-corrected chi connectivity index (χ4v) is 3.94. The number of carbonyl (C=O) groups is 1. The third kappa shape index (κ3) is 3.77. The van der Waals surface area contributed by atoms with Gasteiger partial charge in [0.2, 0.25) is 10.0 Å². The largest absolute Gasteiger partial charge is 0.345 e. The van der Waals surface area contributed by atoms with Crippen LogP contribution in [-0.4, -0.2) is 30.4 Å². The Balaban J connectivity index is 1.79. The molecule has 0 bridgehead atoms. The van der Waals surface area contributed by atoms with Crippen molar-refractivity contribution in [3.63, 3.8) is 0 Å². The van der Waals surface area contributed by atoms with Crippen molar-refractivity contribution in [3.05, 3.63) is 83.7 Å². The lowest BCUT2D eigenvalue weighted by atomic mass is 9.97. The molecule has 2 heterocycles. The molecule has 2 aromatic heterocycles. The van der Waals surface area contributed by atoms with Gasteiger partial charge in [-0.25, -0.2) is 13.4 Å². The van der Waals surface area contributed by atoms with Crippen LogP contribution >= 0.6 is 0 Å². The predicted molar refractivity (Wildman–Crippen MR) is 115 cm³/mol. The van der Waals surface area contributed by atoms with E-state index in [1.54, 1.807) is 37.5 Å². The first-order valence-electron chi connectivity index (χ1n) is 8.98. The number of hydrogen-bond acceptors (Lipinski definition) is 4. The summed E-state index contributed by atoms with van der Waals surface area (Å²) >= 11 is 0. The summed E-state index contributed by atoms with van der Waals surface area (Å²) < 4.78 is 25.7. The number of carbonyl (C=O) groups excluding carboxylic acids is 1. The smallest absolute Gasteiger partial charge is 0.229 e. The second-order valence-corrected chi connectivity index (χ2v) is 8.62. The number of aromatic nitrogens is 2. The molecule has 0 saturated heterocycles. The van der Waals surface area contributed by atoms with Gasteiger partial charge in [-0.15, -0.1) is 0 Å². The Labute approximate surface area is 168 Å². The van der Waals surface area contributed by atoms with E-state index in [0.29, 0.717) is 28.0 Å². The van der Waals surface area contributed by atoms with Crippen LogP contribution in [0.3, 0.4) is 0 Å². The van der Waals surface area contributed by atoms with E-state index in [1.165, 1.54) is 0 Å². The summed E-state index contributed by atoms with van der Waals surface area (Å²) in [5, 5.41) is 0.720. The highest BCUT2D eigenvalue weighted by atomic mass is 32.2. The normalized spacial score (nSPS) is 11.5. The van der Waals surface area contributed by atoms with Gasteiger partial charge in [0, 0.05) is 34.5 Å². The van der Waals surface area contributed by atoms with Crippen LogP contribution in [-0.2, 0) is 10.0 Å². The molecule has 0 amide bonds. The van der Waals surface area contributed by atoms with Crippen molar-refractivity contribution in [3.8, 4) is 11.1 Å². The average molecular weight is 405 g/mol. The van der Waals surface area contributed by atoms with Crippen molar-refractivity contribution in [2.45, 2.75) is 6.92 Å². The molecule has 0 atom stereocenters. The minimum atomic E-state index is -3.44. The molecule has 0 aliphatic heterocycles. The van der Waals surface area contributed by atoms with Crippen molar-refractivity contribution >= 4 is 32.5 Å². The number of anilines is 1. The standard InChI is InChI=1S/C22H19N3O3S/c1-14-17(9-6-10-20(14)25-29(2,27)28)21(26)19-13-24-22-18(19)11-16(12-23-22)15-7-4-3-5-8-15/h3-13,25H,1-2H3,(H,23,24). The molecule has 0 fully saturated rings. The van der Waals surface area contributed by atoms with Gasteiger partial charge in [0.05, 0.1) is 11.9 Å². The van der Waals surface area contributed by atoms with Gasteiger partial charge in [-0.3, -0.25) is 9.52 Å². The molecule has 2 N–H and O–H groups in total. The van der Waals surface area contributed by atoms with Gasteiger partial charge in [0.1, 0.15) is 5.65 Å². The molecule has 29 heavy (non-hydrogen) atoms. The molecular formula is C22H19N3O3S. The van der Waals surface area contributed by atoms with Gasteiger partial charge >= 0.3 is 0 Å². The Morgan fingerprint density at radius 2 is 1.76 bits per heavy atom. The zero-order valence-electron chi connectivity index (χ0n) is 15.9. The van der Waals surface area contributed by atoms with E-state index in [0.717, 1.165) is 22.8 Å². The van der Waals surface area contributed by atoms with Gasteiger partial charge < -0.3 is 4.98 Å². The molecule has 0 aliphatic rings. The van der Waals surface area contributed by atoms with E-state index in [2.05, 4.69) is 14.7 Å². The Morgan fingerprint density at radius 1 is 1.00 bits per heavy atom. The topological polar surface area (TPSA) is 91.9 Å². The monoisotopic (exact) mass is 405 g/mol. The molecule has 0 radical (unpaired) electrons. The summed E-state index contributed by atoms with van der Waals surface area (Å²) in [6.07, 6.45) is 4.49. The Hall–Kier alpha value is -3.45. The summed E-state index contributed by atoms with van der Waals surface area (Å²) in [6.45, 7) is 1.73. The van der Waals surface area contributed by atoms with E-state index in [9.17, 15) is 13.2 Å². The van der Waals surface area contributed by atoms with Crippen LogP contribution in [0.25, 0.3) is 22.2 Å². The highest BCUT2D eigenvalue weighted by Crippen LogP contribution is 2.28. The van der Waals surface area contributed by atoms with Crippen molar-refractivity contribution in [2.75, 3.05) is 11.0 Å². The number of hydrogen-bond donors (Lipinski definition) is 2. The van der Waals surface area contributed by atoms with Gasteiger partial charge in [0.25, 0.3) is 0 Å². The molecule has 4 aromatic rings. The maximum atomic E-state index is 13.3. The number of aromatic amines is 1. The molecule has 0 spiro atoms. The number of benzene rings is 2. The maximum Gasteiger partial charge on any atom is 0.229 e. The summed E-state index contributed by atoms with van der Waals surface area (Å²) in [6, 6.07) is 16.8. The van der Waals surface area contributed by atoms with Crippen molar-refractivity contribution in [1.82, 2.24) is 9.97 Å². The van der Waals surface area contributed by atoms with Gasteiger partial charge in [-0.2, -0.15) is 0 Å². The van der Waals surface area contributed by atoms with E-state index in [-0.39, 0.29) is 5.78 Å². The number of nitrogens with zero attached hydrogens (tertiary/aromatic N) is 1. The fourth-order valence-electron chi connectivity index (χ4n) is 3.32. The fraction of sp³-hybridized carbons (Fsp3) is 0.0909. The average Bonchev–Trinajstić information content (AvgIpc) is 3.12. The van der Waals surface area contributed by atoms with Crippen LogP contribution in [0.2, 0.25) is 0 Å². The number of sulfonamides is 1. The first kappa shape index (κ1) is 18.9. The number of fused-ring (bicyclic) bond motifs is 1. The van der Waals surface area contributed by atoms with Crippen molar-refractivity contribution in [1.29, 1.82) is 0 Å². The van der Waals surface area contributed by atoms with Crippen molar-refractivity contribution in [2.24, 2.45) is 0 Å². The van der Waals surface area contributed by atoms with Crippen LogP contribution in [0.1, 0.15) is 21.5 Å². The Morgan fingerprint density at radius 3 is 2.48 bits per heavy atom. The van der Waals surface area contributed by atoms with Crippen LogP contribution in [0.5, 0.6) is 0 Å². The van der Waals surface area contributed by atoms with Gasteiger partial charge in [0.15, 0.2) is 5.78 Å². The lowest BCUT2D eigenvalue weighted by Crippen LogP contribution is -2.12. The molecular weight excluding hydrogens is 386 g/mol. The Bertz CT molecular complexity index is 1330. The number of pyridine rings is 1. The third-order valence-electron chi connectivity index (χ3n) is 4.76. The number of rotatable bonds is 5. The van der Waals surface area contributed by atoms with Crippen LogP contribution in [0.15, 0.2) is 67.0 Å². The molecule has 0 saturated carbocycles. The number of H-pyrrole nitrogens is 1. The van der Waals surface area contributed by atoms with Gasteiger partial charge in [-0.05, 0) is 30.2 Å². The second-order valence-electron chi connectivity index (χ2n) is 6.87. The molecule has 2 aromatic carbocycles. The minimum Gasteiger partial charge on any atom is -0.345 e. The summed E-state index contributed by atoms with van der Waals surface area (Å²) in [5.74, 6) is -0.196. The van der Waals surface area contributed by atoms with E-state index < -0.39 is 10.0 Å². The van der Waals surface area contributed by atoms with Gasteiger partial charge in [-0.1, -0.05) is 42.5 Å². The van der Waals surface area contributed by atoms with Crippen LogP contribution in [0.4, 0.5) is 5.69 Å². The van der Waals surface area contributed by atoms with Crippen molar-refractivity contribution < 1.29 is 13.2 Å². The first-order chi connectivity index (χ1) is 13.8. The lowest BCUT2D eigenvalue weighted by molar-refractivity contribution is 0.104. The van der Waals surface area contributed by atoms with Crippen LogP contribution < -0.4 is 4.72 Å². The van der Waals surface area contributed by atoms with E-state index in [4.69, 9.17) is 0 Å². The quantitative estimate of drug-likeness (QED) is 0.488. The predicted octanol–water partition coefficient (Wildman–Crippen LogP) is 4.14. The van der Waals surface area contributed by atoms with E-state index >= 15 is 0 Å². The number of ketones is 1. The maximum absolute atomic E-state index is 13.3. The highest BCUT2D eigenvalue weighted by Gasteiger charge is 2.19. The molecule has 6 nitrogen and oxygen atoms in total. The Kier molecular flexibility index (Phi) is 4.68. The zero-order chi connectivity index (χ0) is 20.6. The number of nitrogens with one attached hydrogen (secondary N) is 2. The summed E-state index contributed by atoms with van der Waals surface area (Å²) in [5.41, 5.74) is 4.43. The summed E-state index contributed by atoms with van der Waals surface area (Å²) in [7, 11) is -3.44. The highest BCUT2D eigenvalue weighted by molar-refractivity contribution is 7.92. The second kappa shape index (κ2) is 7.18. The third-order valence-corrected chi connectivity index (χ3v) is 5.35. The zero-order valence-corrected chi connectivity index (χ0v) is 16.7. The molecule has 7 heteroatoms. The van der Waals surface area contributed by atoms with Crippen LogP contribution in [0, 0.1) is 6.92 Å². The molecule has 0 unspecified atom stereocenters. The molecule has 146 valence electrons. The minimum absolute atomic E-state index is 0.196.